The van der Waals surface area contributed by atoms with Gasteiger partial charge < -0.3 is 5.32 Å². The predicted octanol–water partition coefficient (Wildman–Crippen LogP) is 5.41. The summed E-state index contributed by atoms with van der Waals surface area (Å²) in [4.78, 5) is 0. The second-order valence-electron chi connectivity index (χ2n) is 5.59. The van der Waals surface area contributed by atoms with E-state index in [9.17, 15) is 39.5 Å². The Morgan fingerprint density at radius 2 is 1.25 bits per heavy atom. The van der Waals surface area contributed by atoms with Crippen LogP contribution < -0.4 is 5.32 Å². The third-order valence-electron chi connectivity index (χ3n) is 3.82. The van der Waals surface area contributed by atoms with E-state index in [1.807, 2.05) is 0 Å². The van der Waals surface area contributed by atoms with E-state index in [1.165, 1.54) is 7.05 Å². The molecule has 0 spiro atoms. The van der Waals surface area contributed by atoms with Crippen LogP contribution in [0.5, 0.6) is 0 Å². The molecule has 1 nitrogen and oxygen atoms in total. The molecule has 0 aliphatic heterocycles. The maximum atomic E-state index is 13.0. The molecule has 0 amide bonds. The highest BCUT2D eigenvalue weighted by Crippen LogP contribution is 2.49. The van der Waals surface area contributed by atoms with Crippen molar-refractivity contribution in [2.45, 2.75) is 37.4 Å². The average molecular weight is 365 g/mol. The van der Waals surface area contributed by atoms with Gasteiger partial charge in [0.2, 0.25) is 0 Å². The summed E-state index contributed by atoms with van der Waals surface area (Å²) in [6.45, 7) is 0. The molecule has 1 saturated carbocycles. The molecule has 24 heavy (non-hydrogen) atoms. The van der Waals surface area contributed by atoms with Crippen molar-refractivity contribution in [1.29, 1.82) is 0 Å². The van der Waals surface area contributed by atoms with Gasteiger partial charge >= 0.3 is 18.5 Å². The topological polar surface area (TPSA) is 12.0 Å². The molecule has 1 N–H and O–H groups in total. The fraction of sp³-hybridized carbons (Fsp3) is 0.571. The number of rotatable bonds is 3. The predicted molar refractivity (Wildman–Crippen MR) is 66.0 cm³/mol. The Morgan fingerprint density at radius 1 is 0.833 bits per heavy atom. The lowest BCUT2D eigenvalue weighted by atomic mass is 9.91. The number of hydrogen-bond acceptors (Lipinski definition) is 1. The molecule has 0 aromatic heterocycles. The number of alkyl halides is 9. The van der Waals surface area contributed by atoms with Crippen molar-refractivity contribution in [3.63, 3.8) is 0 Å². The Labute approximate surface area is 130 Å². The van der Waals surface area contributed by atoms with Crippen molar-refractivity contribution in [3.05, 3.63) is 34.4 Å². The average Bonchev–Trinajstić information content (AvgIpc) is 3.20. The molecule has 1 aliphatic rings. The molecular formula is C14H12F9N. The van der Waals surface area contributed by atoms with Gasteiger partial charge in [0, 0.05) is 6.04 Å². The summed E-state index contributed by atoms with van der Waals surface area (Å²) in [5.41, 5.74) is -7.79. The highest BCUT2D eigenvalue weighted by Gasteiger charge is 2.51. The zero-order valence-corrected chi connectivity index (χ0v) is 12.1. The first-order chi connectivity index (χ1) is 10.8. The molecule has 2 rings (SSSR count). The van der Waals surface area contributed by atoms with Crippen LogP contribution >= 0.6 is 0 Å². The standard InChI is InChI=1S/C14H12F9N/c1-24-11(6-2-3-6)7-4-8(12(15,16)17)10(14(21,22)23)9(5-7)13(18,19)20/h4-6,11,24H,2-3H2,1H3. The van der Waals surface area contributed by atoms with Crippen LogP contribution in [0.1, 0.15) is 41.1 Å². The molecule has 1 aromatic rings. The summed E-state index contributed by atoms with van der Waals surface area (Å²) in [5.74, 6) is -0.200. The molecule has 136 valence electrons. The number of benzene rings is 1. The van der Waals surface area contributed by atoms with Crippen molar-refractivity contribution in [1.82, 2.24) is 5.32 Å². The van der Waals surface area contributed by atoms with Crippen LogP contribution in [0.2, 0.25) is 0 Å². The first-order valence-corrected chi connectivity index (χ1v) is 6.83. The van der Waals surface area contributed by atoms with Gasteiger partial charge in [-0.15, -0.1) is 0 Å². The van der Waals surface area contributed by atoms with Crippen molar-refractivity contribution in [3.8, 4) is 0 Å². The summed E-state index contributed by atoms with van der Waals surface area (Å²) in [6, 6.07) is -0.538. The monoisotopic (exact) mass is 365 g/mol. The van der Waals surface area contributed by atoms with Crippen molar-refractivity contribution in [2.75, 3.05) is 7.05 Å². The molecule has 10 heteroatoms. The summed E-state index contributed by atoms with van der Waals surface area (Å²) >= 11 is 0. The maximum Gasteiger partial charge on any atom is 0.417 e. The molecule has 1 unspecified atom stereocenters. The lowest BCUT2D eigenvalue weighted by Crippen LogP contribution is -2.26. The van der Waals surface area contributed by atoms with Crippen LogP contribution in [0.3, 0.4) is 0 Å². The normalized spacial score (nSPS) is 17.9. The Hall–Kier alpha value is -1.45. The lowest BCUT2D eigenvalue weighted by molar-refractivity contribution is -0.174. The van der Waals surface area contributed by atoms with Crippen molar-refractivity contribution < 1.29 is 39.5 Å². The van der Waals surface area contributed by atoms with Gasteiger partial charge in [-0.05, 0) is 43.5 Å². The highest BCUT2D eigenvalue weighted by molar-refractivity contribution is 5.45. The third kappa shape index (κ3) is 3.79. The minimum absolute atomic E-state index is 0.164. The number of halogens is 9. The molecule has 0 radical (unpaired) electrons. The van der Waals surface area contributed by atoms with Crippen LogP contribution in [0.25, 0.3) is 0 Å². The maximum absolute atomic E-state index is 13.0. The molecule has 1 aliphatic carbocycles. The molecular weight excluding hydrogens is 353 g/mol. The minimum atomic E-state index is -5.79. The van der Waals surface area contributed by atoms with E-state index < -0.39 is 46.8 Å². The molecule has 1 fully saturated rings. The van der Waals surface area contributed by atoms with Crippen LogP contribution in [-0.2, 0) is 18.5 Å². The van der Waals surface area contributed by atoms with Gasteiger partial charge in [-0.2, -0.15) is 39.5 Å². The van der Waals surface area contributed by atoms with Gasteiger partial charge in [-0.3, -0.25) is 0 Å². The summed E-state index contributed by atoms with van der Waals surface area (Å²) in [6.07, 6.45) is -15.8. The van der Waals surface area contributed by atoms with Gasteiger partial charge in [0.25, 0.3) is 0 Å². The molecule has 1 aromatic carbocycles. The van der Waals surface area contributed by atoms with Gasteiger partial charge in [0.15, 0.2) is 0 Å². The molecule has 0 saturated heterocycles. The Bertz CT molecular complexity index is 573. The van der Waals surface area contributed by atoms with Crippen molar-refractivity contribution in [2.24, 2.45) is 5.92 Å². The van der Waals surface area contributed by atoms with Gasteiger partial charge in [-0.1, -0.05) is 0 Å². The van der Waals surface area contributed by atoms with Gasteiger partial charge in [0.1, 0.15) is 0 Å². The molecule has 1 atom stereocenters. The fourth-order valence-electron chi connectivity index (χ4n) is 2.70. The number of hydrogen-bond donors (Lipinski definition) is 1. The largest absolute Gasteiger partial charge is 0.417 e. The zero-order chi connectivity index (χ0) is 18.5. The zero-order valence-electron chi connectivity index (χ0n) is 12.1. The van der Waals surface area contributed by atoms with E-state index in [2.05, 4.69) is 5.32 Å². The van der Waals surface area contributed by atoms with Crippen LogP contribution in [0, 0.1) is 5.92 Å². The van der Waals surface area contributed by atoms with Crippen LogP contribution in [-0.4, -0.2) is 7.05 Å². The summed E-state index contributed by atoms with van der Waals surface area (Å²) < 4.78 is 117. The first kappa shape index (κ1) is 18.9. The SMILES string of the molecule is CNC(c1cc(C(F)(F)F)c(C(F)(F)F)c(C(F)(F)F)c1)C1CC1. The molecule has 0 bridgehead atoms. The minimum Gasteiger partial charge on any atom is -0.313 e. The third-order valence-corrected chi connectivity index (χ3v) is 3.82. The van der Waals surface area contributed by atoms with Gasteiger partial charge in [-0.25, -0.2) is 0 Å². The number of nitrogens with one attached hydrogen (secondary N) is 1. The van der Waals surface area contributed by atoms with E-state index in [0.29, 0.717) is 12.8 Å². The van der Waals surface area contributed by atoms with Crippen molar-refractivity contribution >= 4 is 0 Å². The highest BCUT2D eigenvalue weighted by atomic mass is 19.4. The summed E-state index contributed by atoms with van der Waals surface area (Å²) in [5, 5.41) is 2.58. The second-order valence-corrected chi connectivity index (χ2v) is 5.59. The molecule has 0 heterocycles. The summed E-state index contributed by atoms with van der Waals surface area (Å²) in [7, 11) is 1.33. The first-order valence-electron chi connectivity index (χ1n) is 6.83. The second kappa shape index (κ2) is 5.82. The van der Waals surface area contributed by atoms with E-state index in [-0.39, 0.29) is 18.1 Å². The van der Waals surface area contributed by atoms with E-state index in [1.54, 1.807) is 0 Å². The Morgan fingerprint density at radius 3 is 1.50 bits per heavy atom. The van der Waals surface area contributed by atoms with Crippen LogP contribution in [0.15, 0.2) is 12.1 Å². The Kier molecular flexibility index (Phi) is 4.58. The van der Waals surface area contributed by atoms with E-state index >= 15 is 0 Å². The van der Waals surface area contributed by atoms with E-state index in [0.717, 1.165) is 0 Å². The fourth-order valence-corrected chi connectivity index (χ4v) is 2.70. The smallest absolute Gasteiger partial charge is 0.313 e. The Balaban J connectivity index is 2.79. The van der Waals surface area contributed by atoms with Crippen LogP contribution in [0.4, 0.5) is 39.5 Å². The lowest BCUT2D eigenvalue weighted by Gasteiger charge is -2.24. The van der Waals surface area contributed by atoms with Gasteiger partial charge in [0.05, 0.1) is 16.7 Å². The quantitative estimate of drug-likeness (QED) is 0.706. The van der Waals surface area contributed by atoms with E-state index in [4.69, 9.17) is 0 Å².